The molecule has 0 bridgehead atoms. The molecule has 0 N–H and O–H groups in total. The molecule has 0 radical (unpaired) electrons. The van der Waals surface area contributed by atoms with Crippen LogP contribution in [0.25, 0.3) is 99.8 Å². The highest BCUT2D eigenvalue weighted by molar-refractivity contribution is 6.17. The molecule has 0 aliphatic heterocycles. The minimum absolute atomic E-state index is 0.591. The molecule has 4 nitrogen and oxygen atoms in total. The van der Waals surface area contributed by atoms with E-state index >= 15 is 0 Å². The molecule has 0 unspecified atom stereocenters. The van der Waals surface area contributed by atoms with Gasteiger partial charge in [-0.2, -0.15) is 0 Å². The Kier molecular flexibility index (Phi) is 8.79. The molecule has 2 aromatic heterocycles. The summed E-state index contributed by atoms with van der Waals surface area (Å²) < 4.78 is 12.7. The second-order valence-corrected chi connectivity index (χ2v) is 15.9. The fourth-order valence-corrected chi connectivity index (χ4v) is 9.05. The molecule has 0 aliphatic rings. The lowest BCUT2D eigenvalue weighted by Crippen LogP contribution is -2.11. The van der Waals surface area contributed by atoms with E-state index in [0.29, 0.717) is 5.89 Å². The van der Waals surface area contributed by atoms with E-state index in [1.54, 1.807) is 0 Å². The molecule has 12 rings (SSSR count). The van der Waals surface area contributed by atoms with Crippen LogP contribution >= 0.6 is 0 Å². The summed E-state index contributed by atoms with van der Waals surface area (Å²) in [7, 11) is 0. The standard InChI is InChI=1S/C59H38N2O2/c1-4-14-39(15-5-1)40-26-30-47(31-27-40)61(48-23-12-22-46(36-48)50-25-13-21-41-18-10-11-24-49(41)50)53-32-28-44(37-51(53)42-16-6-2-7-17-42)45-29-33-54-52(38-45)57-55(62-54)34-35-56-58(57)60-59(63-56)43-19-8-3-9-20-43/h1-38H. The third kappa shape index (κ3) is 6.53. The lowest BCUT2D eigenvalue weighted by atomic mass is 9.94. The number of anilines is 3. The zero-order valence-corrected chi connectivity index (χ0v) is 34.2. The Hall–Kier alpha value is -8.47. The fraction of sp³-hybridized carbons (Fsp3) is 0. The number of aromatic nitrogens is 1. The number of oxazole rings is 1. The third-order valence-corrected chi connectivity index (χ3v) is 12.1. The molecule has 296 valence electrons. The number of fused-ring (bicyclic) bond motifs is 6. The topological polar surface area (TPSA) is 42.4 Å². The van der Waals surface area contributed by atoms with Gasteiger partial charge in [-0.25, -0.2) is 4.98 Å². The zero-order valence-electron chi connectivity index (χ0n) is 34.2. The summed E-state index contributed by atoms with van der Waals surface area (Å²) >= 11 is 0. The smallest absolute Gasteiger partial charge is 0.227 e. The number of nitrogens with zero attached hydrogens (tertiary/aromatic N) is 2. The quantitative estimate of drug-likeness (QED) is 0.153. The first kappa shape index (κ1) is 36.4. The first-order chi connectivity index (χ1) is 31.2. The van der Waals surface area contributed by atoms with Crippen LogP contribution in [-0.2, 0) is 0 Å². The van der Waals surface area contributed by atoms with Crippen LogP contribution in [0.5, 0.6) is 0 Å². The van der Waals surface area contributed by atoms with Crippen molar-refractivity contribution in [3.05, 3.63) is 231 Å². The highest BCUT2D eigenvalue weighted by Crippen LogP contribution is 2.45. The Morgan fingerprint density at radius 3 is 1.75 bits per heavy atom. The SMILES string of the molecule is c1ccc(-c2ccc(N(c3cccc(-c4cccc5ccccc45)c3)c3ccc(-c4ccc5oc6ccc7oc(-c8ccccc8)nc7c6c5c4)cc3-c3ccccc3)cc2)cc1. The molecule has 12 aromatic rings. The van der Waals surface area contributed by atoms with Gasteiger partial charge in [-0.05, 0) is 123 Å². The minimum atomic E-state index is 0.591. The largest absolute Gasteiger partial charge is 0.456 e. The second kappa shape index (κ2) is 15.2. The number of benzene rings is 10. The minimum Gasteiger partial charge on any atom is -0.456 e. The van der Waals surface area contributed by atoms with E-state index in [0.717, 1.165) is 83.5 Å². The Morgan fingerprint density at radius 2 is 0.937 bits per heavy atom. The Labute approximate surface area is 364 Å². The first-order valence-electron chi connectivity index (χ1n) is 21.3. The summed E-state index contributed by atoms with van der Waals surface area (Å²) in [5.74, 6) is 0.591. The van der Waals surface area contributed by atoms with E-state index in [-0.39, 0.29) is 0 Å². The molecular formula is C59H38N2O2. The molecule has 4 heteroatoms. The average molecular weight is 807 g/mol. The van der Waals surface area contributed by atoms with Gasteiger partial charge in [-0.1, -0.05) is 158 Å². The highest BCUT2D eigenvalue weighted by Gasteiger charge is 2.21. The second-order valence-electron chi connectivity index (χ2n) is 15.9. The van der Waals surface area contributed by atoms with Gasteiger partial charge in [0.05, 0.1) is 11.1 Å². The molecule has 0 spiro atoms. The van der Waals surface area contributed by atoms with Crippen LogP contribution in [0.2, 0.25) is 0 Å². The van der Waals surface area contributed by atoms with Crippen LogP contribution in [0, 0.1) is 0 Å². The van der Waals surface area contributed by atoms with Crippen LogP contribution in [0.3, 0.4) is 0 Å². The number of hydrogen-bond donors (Lipinski definition) is 0. The van der Waals surface area contributed by atoms with Gasteiger partial charge >= 0.3 is 0 Å². The van der Waals surface area contributed by atoms with Crippen molar-refractivity contribution in [1.29, 1.82) is 0 Å². The van der Waals surface area contributed by atoms with Gasteiger partial charge < -0.3 is 13.7 Å². The van der Waals surface area contributed by atoms with Crippen molar-refractivity contribution in [2.75, 3.05) is 4.90 Å². The molecule has 10 aromatic carbocycles. The first-order valence-corrected chi connectivity index (χ1v) is 21.3. The van der Waals surface area contributed by atoms with Gasteiger partial charge in [0.2, 0.25) is 5.89 Å². The number of furan rings is 1. The van der Waals surface area contributed by atoms with Gasteiger partial charge in [0.15, 0.2) is 5.58 Å². The predicted molar refractivity (Wildman–Crippen MR) is 261 cm³/mol. The Balaban J connectivity index is 1.03. The summed E-state index contributed by atoms with van der Waals surface area (Å²) in [6, 6.07) is 81.5. The van der Waals surface area contributed by atoms with Gasteiger partial charge in [0.25, 0.3) is 0 Å². The van der Waals surface area contributed by atoms with E-state index in [4.69, 9.17) is 13.8 Å². The van der Waals surface area contributed by atoms with Crippen molar-refractivity contribution < 1.29 is 8.83 Å². The van der Waals surface area contributed by atoms with Crippen molar-refractivity contribution in [2.45, 2.75) is 0 Å². The summed E-state index contributed by atoms with van der Waals surface area (Å²) in [5.41, 5.74) is 16.4. The monoisotopic (exact) mass is 806 g/mol. The van der Waals surface area contributed by atoms with Gasteiger partial charge in [0.1, 0.15) is 16.7 Å². The summed E-state index contributed by atoms with van der Waals surface area (Å²) in [5, 5.41) is 4.40. The van der Waals surface area contributed by atoms with Crippen molar-refractivity contribution in [3.63, 3.8) is 0 Å². The van der Waals surface area contributed by atoms with Crippen molar-refractivity contribution in [3.8, 4) is 56.0 Å². The van der Waals surface area contributed by atoms with Crippen LogP contribution in [0.4, 0.5) is 17.1 Å². The van der Waals surface area contributed by atoms with Crippen molar-refractivity contribution in [2.24, 2.45) is 0 Å². The summed E-state index contributed by atoms with van der Waals surface area (Å²) in [4.78, 5) is 7.41. The van der Waals surface area contributed by atoms with Crippen molar-refractivity contribution >= 4 is 60.9 Å². The van der Waals surface area contributed by atoms with E-state index in [9.17, 15) is 0 Å². The van der Waals surface area contributed by atoms with Crippen LogP contribution in [0.1, 0.15) is 0 Å². The predicted octanol–water partition coefficient (Wildman–Crippen LogP) is 16.7. The molecule has 63 heavy (non-hydrogen) atoms. The molecule has 0 saturated carbocycles. The molecular weight excluding hydrogens is 769 g/mol. The van der Waals surface area contributed by atoms with Crippen LogP contribution < -0.4 is 4.90 Å². The fourth-order valence-electron chi connectivity index (χ4n) is 9.05. The third-order valence-electron chi connectivity index (χ3n) is 12.1. The van der Waals surface area contributed by atoms with E-state index in [1.807, 2.05) is 42.5 Å². The van der Waals surface area contributed by atoms with Crippen LogP contribution in [0.15, 0.2) is 239 Å². The Bertz CT molecular complexity index is 3600. The summed E-state index contributed by atoms with van der Waals surface area (Å²) in [6.07, 6.45) is 0. The number of hydrogen-bond acceptors (Lipinski definition) is 4. The van der Waals surface area contributed by atoms with Gasteiger partial charge in [-0.3, -0.25) is 0 Å². The average Bonchev–Trinajstić information content (AvgIpc) is 3.97. The normalized spacial score (nSPS) is 11.5. The lowest BCUT2D eigenvalue weighted by Gasteiger charge is -2.29. The lowest BCUT2D eigenvalue weighted by molar-refractivity contribution is 0.619. The van der Waals surface area contributed by atoms with E-state index in [1.165, 1.54) is 27.5 Å². The summed E-state index contributed by atoms with van der Waals surface area (Å²) in [6.45, 7) is 0. The molecule has 0 amide bonds. The maximum atomic E-state index is 6.42. The highest BCUT2D eigenvalue weighted by atomic mass is 16.4. The van der Waals surface area contributed by atoms with E-state index in [2.05, 4.69) is 193 Å². The maximum absolute atomic E-state index is 6.42. The molecule has 0 fully saturated rings. The van der Waals surface area contributed by atoms with Crippen molar-refractivity contribution in [1.82, 2.24) is 4.98 Å². The zero-order chi connectivity index (χ0) is 41.7. The van der Waals surface area contributed by atoms with Crippen LogP contribution in [-0.4, -0.2) is 4.98 Å². The Morgan fingerprint density at radius 1 is 0.333 bits per heavy atom. The van der Waals surface area contributed by atoms with Gasteiger partial charge in [-0.15, -0.1) is 0 Å². The van der Waals surface area contributed by atoms with E-state index < -0.39 is 0 Å². The number of rotatable bonds is 8. The molecule has 0 saturated heterocycles. The molecule has 0 atom stereocenters. The molecule has 0 aliphatic carbocycles. The maximum Gasteiger partial charge on any atom is 0.227 e. The molecule has 2 heterocycles. The van der Waals surface area contributed by atoms with Gasteiger partial charge in [0, 0.05) is 27.9 Å².